The molecule has 3 heterocycles. The molecular formula is C22H27N5. The number of hydrogen-bond acceptors (Lipinski definition) is 4. The van der Waals surface area contributed by atoms with Crippen molar-refractivity contribution < 1.29 is 0 Å². The fourth-order valence-electron chi connectivity index (χ4n) is 4.00. The Labute approximate surface area is 161 Å². The molecule has 2 aromatic heterocycles. The van der Waals surface area contributed by atoms with Crippen molar-refractivity contribution in [3.8, 4) is 5.82 Å². The molecule has 0 radical (unpaired) electrons. The number of piperidine rings is 1. The molecule has 0 N–H and O–H groups in total. The van der Waals surface area contributed by atoms with Crippen molar-refractivity contribution in [1.29, 1.82) is 0 Å². The van der Waals surface area contributed by atoms with Crippen LogP contribution < -0.4 is 0 Å². The van der Waals surface area contributed by atoms with E-state index < -0.39 is 0 Å². The second-order valence-electron chi connectivity index (χ2n) is 7.64. The zero-order valence-electron chi connectivity index (χ0n) is 16.1. The number of hydrogen-bond donors (Lipinski definition) is 0. The quantitative estimate of drug-likeness (QED) is 0.684. The maximum Gasteiger partial charge on any atom is 0.160 e. The van der Waals surface area contributed by atoms with Crippen molar-refractivity contribution in [3.05, 3.63) is 72.2 Å². The summed E-state index contributed by atoms with van der Waals surface area (Å²) in [6.45, 7) is 7.49. The van der Waals surface area contributed by atoms with Crippen LogP contribution in [-0.4, -0.2) is 37.5 Å². The van der Waals surface area contributed by atoms with Crippen LogP contribution in [0.25, 0.3) is 5.82 Å². The minimum absolute atomic E-state index is 0.343. The van der Waals surface area contributed by atoms with Crippen LogP contribution in [0.4, 0.5) is 0 Å². The molecule has 0 spiro atoms. The number of rotatable bonds is 5. The number of aromatic nitrogens is 4. The molecule has 5 nitrogen and oxygen atoms in total. The summed E-state index contributed by atoms with van der Waals surface area (Å²) in [4.78, 5) is 16.5. The molecule has 0 amide bonds. The molecule has 1 aliphatic heterocycles. The molecule has 1 aliphatic rings. The molecule has 4 rings (SSSR count). The molecule has 1 atom stereocenters. The minimum Gasteiger partial charge on any atom is -0.298 e. The molecule has 140 valence electrons. The Morgan fingerprint density at radius 1 is 1.04 bits per heavy atom. The first-order valence-corrected chi connectivity index (χ1v) is 9.83. The van der Waals surface area contributed by atoms with Crippen LogP contribution in [0, 0.1) is 0 Å². The van der Waals surface area contributed by atoms with E-state index in [1.807, 2.05) is 18.6 Å². The van der Waals surface area contributed by atoms with Crippen LogP contribution in [0.2, 0.25) is 0 Å². The van der Waals surface area contributed by atoms with Gasteiger partial charge in [-0.1, -0.05) is 44.2 Å². The summed E-state index contributed by atoms with van der Waals surface area (Å²) in [5.74, 6) is 2.71. The summed E-state index contributed by atoms with van der Waals surface area (Å²) >= 11 is 0. The van der Waals surface area contributed by atoms with Crippen LogP contribution in [0.15, 0.2) is 55.1 Å². The van der Waals surface area contributed by atoms with E-state index in [0.29, 0.717) is 11.8 Å². The van der Waals surface area contributed by atoms with Crippen molar-refractivity contribution in [2.45, 2.75) is 45.1 Å². The van der Waals surface area contributed by atoms with E-state index in [0.717, 1.165) is 43.4 Å². The van der Waals surface area contributed by atoms with Gasteiger partial charge in [-0.25, -0.2) is 9.97 Å². The van der Waals surface area contributed by atoms with Gasteiger partial charge in [0.05, 0.1) is 5.69 Å². The summed E-state index contributed by atoms with van der Waals surface area (Å²) in [6.07, 6.45) is 9.81. The van der Waals surface area contributed by atoms with Gasteiger partial charge >= 0.3 is 0 Å². The molecule has 0 saturated carbocycles. The number of imidazole rings is 1. The second kappa shape index (κ2) is 8.01. The first-order valence-electron chi connectivity index (χ1n) is 9.83. The van der Waals surface area contributed by atoms with E-state index >= 15 is 0 Å². The van der Waals surface area contributed by atoms with Crippen LogP contribution in [0.1, 0.15) is 55.6 Å². The summed E-state index contributed by atoms with van der Waals surface area (Å²) in [6, 6.07) is 10.7. The van der Waals surface area contributed by atoms with Crippen molar-refractivity contribution >= 4 is 0 Å². The van der Waals surface area contributed by atoms with E-state index in [2.05, 4.69) is 58.6 Å². The van der Waals surface area contributed by atoms with Crippen molar-refractivity contribution in [1.82, 2.24) is 24.4 Å². The highest BCUT2D eigenvalue weighted by Crippen LogP contribution is 2.30. The Balaban J connectivity index is 1.59. The lowest BCUT2D eigenvalue weighted by atomic mass is 9.93. The average molecular weight is 361 g/mol. The largest absolute Gasteiger partial charge is 0.298 e. The zero-order valence-corrected chi connectivity index (χ0v) is 16.1. The van der Waals surface area contributed by atoms with Gasteiger partial charge in [-0.2, -0.15) is 0 Å². The van der Waals surface area contributed by atoms with Crippen LogP contribution in [-0.2, 0) is 6.54 Å². The van der Waals surface area contributed by atoms with E-state index in [9.17, 15) is 0 Å². The molecule has 5 heteroatoms. The Morgan fingerprint density at radius 3 is 2.67 bits per heavy atom. The lowest BCUT2D eigenvalue weighted by Crippen LogP contribution is -2.34. The van der Waals surface area contributed by atoms with E-state index in [1.165, 1.54) is 12.0 Å². The number of benzene rings is 1. The standard InChI is InChI=1S/C22H27N5/c1-17(2)21-25-12-14-27(21)22-20(23-10-11-24-22)19-9-6-13-26(16-19)15-18-7-4-3-5-8-18/h3-5,7-8,10-12,14,17,19H,6,9,13,15-16H2,1-2H3/t19-/m0/s1. The van der Waals surface area contributed by atoms with Gasteiger partial charge < -0.3 is 0 Å². The van der Waals surface area contributed by atoms with Crippen molar-refractivity contribution in [3.63, 3.8) is 0 Å². The predicted octanol–water partition coefficient (Wildman–Crippen LogP) is 4.17. The molecule has 3 aromatic rings. The highest BCUT2D eigenvalue weighted by Gasteiger charge is 2.26. The molecule has 1 fully saturated rings. The molecule has 1 aromatic carbocycles. The minimum atomic E-state index is 0.343. The highest BCUT2D eigenvalue weighted by atomic mass is 15.2. The van der Waals surface area contributed by atoms with Crippen LogP contribution in [0.3, 0.4) is 0 Å². The van der Waals surface area contributed by atoms with Gasteiger partial charge in [0.1, 0.15) is 5.82 Å². The summed E-state index contributed by atoms with van der Waals surface area (Å²) in [5, 5.41) is 0. The zero-order chi connectivity index (χ0) is 18.6. The van der Waals surface area contributed by atoms with E-state index in [1.54, 1.807) is 6.20 Å². The van der Waals surface area contributed by atoms with Gasteiger partial charge in [-0.3, -0.25) is 14.5 Å². The number of nitrogens with zero attached hydrogens (tertiary/aromatic N) is 5. The fraction of sp³-hybridized carbons (Fsp3) is 0.409. The normalized spacial score (nSPS) is 18.1. The number of likely N-dealkylation sites (tertiary alicyclic amines) is 1. The van der Waals surface area contributed by atoms with Crippen LogP contribution in [0.5, 0.6) is 0 Å². The van der Waals surface area contributed by atoms with E-state index in [-0.39, 0.29) is 0 Å². The van der Waals surface area contributed by atoms with Gasteiger partial charge in [0.25, 0.3) is 0 Å². The monoisotopic (exact) mass is 361 g/mol. The average Bonchev–Trinajstić information content (AvgIpc) is 3.19. The first-order chi connectivity index (χ1) is 13.2. The molecule has 27 heavy (non-hydrogen) atoms. The predicted molar refractivity (Wildman–Crippen MR) is 107 cm³/mol. The summed E-state index contributed by atoms with van der Waals surface area (Å²) in [5.41, 5.74) is 2.46. The maximum absolute atomic E-state index is 4.76. The molecular weight excluding hydrogens is 334 g/mol. The smallest absolute Gasteiger partial charge is 0.160 e. The lowest BCUT2D eigenvalue weighted by molar-refractivity contribution is 0.198. The second-order valence-corrected chi connectivity index (χ2v) is 7.64. The Bertz CT molecular complexity index is 871. The fourth-order valence-corrected chi connectivity index (χ4v) is 4.00. The lowest BCUT2D eigenvalue weighted by Gasteiger charge is -2.33. The topological polar surface area (TPSA) is 46.8 Å². The third-order valence-corrected chi connectivity index (χ3v) is 5.26. The highest BCUT2D eigenvalue weighted by molar-refractivity contribution is 5.33. The molecule has 0 aliphatic carbocycles. The third kappa shape index (κ3) is 3.93. The van der Waals surface area contributed by atoms with Gasteiger partial charge in [-0.15, -0.1) is 0 Å². The Morgan fingerprint density at radius 2 is 1.85 bits per heavy atom. The summed E-state index contributed by atoms with van der Waals surface area (Å²) < 4.78 is 2.11. The SMILES string of the molecule is CC(C)c1nccn1-c1nccnc1[C@H]1CCCN(Cc2ccccc2)C1. The maximum atomic E-state index is 4.76. The molecule has 0 unspecified atom stereocenters. The van der Waals surface area contributed by atoms with E-state index in [4.69, 9.17) is 9.97 Å². The van der Waals surface area contributed by atoms with Crippen molar-refractivity contribution in [2.75, 3.05) is 13.1 Å². The molecule has 0 bridgehead atoms. The molecule has 1 saturated heterocycles. The van der Waals surface area contributed by atoms with Crippen molar-refractivity contribution in [2.24, 2.45) is 0 Å². The Hall–Kier alpha value is -2.53. The van der Waals surface area contributed by atoms with Gasteiger partial charge in [-0.05, 0) is 24.9 Å². The van der Waals surface area contributed by atoms with Crippen LogP contribution >= 0.6 is 0 Å². The van der Waals surface area contributed by atoms with Gasteiger partial charge in [0.2, 0.25) is 0 Å². The van der Waals surface area contributed by atoms with Gasteiger partial charge in [0, 0.05) is 49.7 Å². The Kier molecular flexibility index (Phi) is 5.30. The third-order valence-electron chi connectivity index (χ3n) is 5.26. The summed E-state index contributed by atoms with van der Waals surface area (Å²) in [7, 11) is 0. The first kappa shape index (κ1) is 17.9. The van der Waals surface area contributed by atoms with Gasteiger partial charge in [0.15, 0.2) is 5.82 Å².